The van der Waals surface area contributed by atoms with E-state index in [0.717, 1.165) is 38.5 Å². The molecule has 470 valence electrons. The number of unbranched alkanes of at least 4 members (excludes halogenated alkanes) is 53. The molecule has 0 saturated carbocycles. The summed E-state index contributed by atoms with van der Waals surface area (Å²) in [5.74, 6) is -0.167. The van der Waals surface area contributed by atoms with Crippen LogP contribution >= 0.6 is 0 Å². The number of allylic oxidation sites excluding steroid dienone is 1. The lowest BCUT2D eigenvalue weighted by atomic mass is 9.99. The molecule has 1 aliphatic heterocycles. The molecule has 1 saturated heterocycles. The van der Waals surface area contributed by atoms with Gasteiger partial charge in [0, 0.05) is 6.42 Å². The quantitative estimate of drug-likeness (QED) is 0.0261. The van der Waals surface area contributed by atoms with Crippen molar-refractivity contribution in [2.75, 3.05) is 13.2 Å². The molecule has 9 heteroatoms. The third-order valence-corrected chi connectivity index (χ3v) is 17.4. The van der Waals surface area contributed by atoms with E-state index in [1.807, 2.05) is 6.08 Å². The lowest BCUT2D eigenvalue weighted by Crippen LogP contribution is -2.60. The van der Waals surface area contributed by atoms with Gasteiger partial charge in [-0.3, -0.25) is 4.79 Å². The van der Waals surface area contributed by atoms with E-state index >= 15 is 0 Å². The van der Waals surface area contributed by atoms with Crippen LogP contribution in [-0.2, 0) is 14.3 Å². The topological polar surface area (TPSA) is 149 Å². The monoisotopic (exact) mass is 1120 g/mol. The largest absolute Gasteiger partial charge is 0.394 e. The maximum absolute atomic E-state index is 13.1. The van der Waals surface area contributed by atoms with Gasteiger partial charge >= 0.3 is 0 Å². The number of carbonyl (C=O) groups excluding carboxylic acids is 1. The molecule has 79 heavy (non-hydrogen) atoms. The smallest absolute Gasteiger partial charge is 0.220 e. The van der Waals surface area contributed by atoms with Gasteiger partial charge in [-0.15, -0.1) is 0 Å². The summed E-state index contributed by atoms with van der Waals surface area (Å²) < 4.78 is 11.3. The maximum Gasteiger partial charge on any atom is 0.220 e. The predicted octanol–water partition coefficient (Wildman–Crippen LogP) is 19.1. The van der Waals surface area contributed by atoms with E-state index in [0.29, 0.717) is 6.42 Å². The molecule has 1 amide bonds. The van der Waals surface area contributed by atoms with Crippen molar-refractivity contribution in [3.8, 4) is 0 Å². The van der Waals surface area contributed by atoms with Crippen molar-refractivity contribution >= 4 is 5.91 Å². The Labute approximate surface area is 490 Å². The third-order valence-electron chi connectivity index (χ3n) is 17.4. The zero-order chi connectivity index (χ0) is 57.2. The summed E-state index contributed by atoms with van der Waals surface area (Å²) in [6.07, 6.45) is 70.4. The van der Waals surface area contributed by atoms with Gasteiger partial charge in [-0.2, -0.15) is 0 Å². The Kier molecular flexibility index (Phi) is 57.7. The van der Waals surface area contributed by atoms with E-state index in [1.54, 1.807) is 6.08 Å². The number of hydrogen-bond donors (Lipinski definition) is 6. The van der Waals surface area contributed by atoms with Gasteiger partial charge in [-0.25, -0.2) is 0 Å². The predicted molar refractivity (Wildman–Crippen MR) is 337 cm³/mol. The lowest BCUT2D eigenvalue weighted by Gasteiger charge is -2.40. The number of ether oxygens (including phenoxy) is 2. The number of nitrogens with one attached hydrogen (secondary N) is 1. The fraction of sp³-hybridized carbons (Fsp3) is 0.957. The van der Waals surface area contributed by atoms with E-state index < -0.39 is 49.5 Å². The molecule has 9 nitrogen and oxygen atoms in total. The number of hydrogen-bond acceptors (Lipinski definition) is 8. The van der Waals surface area contributed by atoms with Gasteiger partial charge in [0.15, 0.2) is 6.29 Å². The van der Waals surface area contributed by atoms with Crippen molar-refractivity contribution in [2.45, 2.75) is 416 Å². The first kappa shape index (κ1) is 75.9. The molecule has 1 rings (SSSR count). The molecule has 0 aliphatic carbocycles. The van der Waals surface area contributed by atoms with Crippen LogP contribution in [0.1, 0.15) is 373 Å². The fourth-order valence-electron chi connectivity index (χ4n) is 11.8. The van der Waals surface area contributed by atoms with Gasteiger partial charge in [-0.1, -0.05) is 360 Å². The van der Waals surface area contributed by atoms with Crippen molar-refractivity contribution in [3.05, 3.63) is 12.2 Å². The van der Waals surface area contributed by atoms with Gasteiger partial charge in [0.1, 0.15) is 24.4 Å². The summed E-state index contributed by atoms with van der Waals surface area (Å²) in [5.41, 5.74) is 0. The Morgan fingerprint density at radius 3 is 0.987 bits per heavy atom. The molecule has 0 spiro atoms. The molecule has 6 N–H and O–H groups in total. The van der Waals surface area contributed by atoms with Gasteiger partial charge in [0.25, 0.3) is 0 Å². The normalized spacial score (nSPS) is 18.5. The Balaban J connectivity index is 2.12. The van der Waals surface area contributed by atoms with Crippen molar-refractivity contribution in [2.24, 2.45) is 0 Å². The maximum atomic E-state index is 13.1. The number of aliphatic hydroxyl groups is 5. The minimum Gasteiger partial charge on any atom is -0.394 e. The Morgan fingerprint density at radius 1 is 0.418 bits per heavy atom. The minimum absolute atomic E-state index is 0.167. The standard InChI is InChI=1S/C70H137NO8/c1-3-5-7-9-11-13-15-17-19-21-23-25-27-29-31-32-34-35-37-39-41-43-45-47-49-51-53-55-57-59-64(73)63(62-78-70-69(77)68(76)67(75)65(61-72)79-70)71-66(74)60-58-56-54-52-50-48-46-44-42-40-38-36-33-30-28-26-24-22-20-18-16-14-12-10-8-6-4-2/h57,59,63-65,67-70,72-73,75-77H,3-56,58,60-62H2,1-2H3,(H,71,74)/b59-57+. The fourth-order valence-corrected chi connectivity index (χ4v) is 11.8. The van der Waals surface area contributed by atoms with E-state index in [-0.39, 0.29) is 12.5 Å². The van der Waals surface area contributed by atoms with Gasteiger partial charge in [0.2, 0.25) is 5.91 Å². The molecule has 1 heterocycles. The summed E-state index contributed by atoms with van der Waals surface area (Å²) >= 11 is 0. The first-order valence-corrected chi connectivity index (χ1v) is 35.4. The number of rotatable bonds is 63. The average molecular weight is 1120 g/mol. The SMILES string of the molecule is CCCCCCCCCCCCCCCCCCCCCCCCCCCCC/C=C/C(O)C(COC1OC(CO)C(O)C(O)C1O)NC(=O)CCCCCCCCCCCCCCCCCCCCCCCCCCCCC. The molecular formula is C70H137NO8. The molecule has 7 atom stereocenters. The summed E-state index contributed by atoms with van der Waals surface area (Å²) in [7, 11) is 0. The summed E-state index contributed by atoms with van der Waals surface area (Å²) in [5, 5.41) is 54.8. The Hall–Kier alpha value is -1.07. The molecule has 1 aliphatic rings. The molecule has 0 aromatic heterocycles. The lowest BCUT2D eigenvalue weighted by molar-refractivity contribution is -0.302. The van der Waals surface area contributed by atoms with Crippen molar-refractivity contribution < 1.29 is 39.8 Å². The Bertz CT molecular complexity index is 1250. The van der Waals surface area contributed by atoms with Crippen LogP contribution in [0.25, 0.3) is 0 Å². The first-order chi connectivity index (χ1) is 38.8. The van der Waals surface area contributed by atoms with E-state index in [9.17, 15) is 30.3 Å². The van der Waals surface area contributed by atoms with Crippen molar-refractivity contribution in [1.29, 1.82) is 0 Å². The molecule has 7 unspecified atom stereocenters. The van der Waals surface area contributed by atoms with E-state index in [2.05, 4.69) is 19.2 Å². The number of carbonyl (C=O) groups is 1. The number of amides is 1. The van der Waals surface area contributed by atoms with Crippen LogP contribution in [0, 0.1) is 0 Å². The molecule has 0 aromatic rings. The van der Waals surface area contributed by atoms with E-state index in [1.165, 1.54) is 315 Å². The minimum atomic E-state index is -1.56. The van der Waals surface area contributed by atoms with Crippen LogP contribution in [0.4, 0.5) is 0 Å². The highest BCUT2D eigenvalue weighted by atomic mass is 16.7. The highest BCUT2D eigenvalue weighted by Crippen LogP contribution is 2.24. The van der Waals surface area contributed by atoms with Crippen molar-refractivity contribution in [1.82, 2.24) is 5.32 Å². The highest BCUT2D eigenvalue weighted by Gasteiger charge is 2.44. The van der Waals surface area contributed by atoms with Gasteiger partial charge in [0.05, 0.1) is 25.4 Å². The van der Waals surface area contributed by atoms with Crippen molar-refractivity contribution in [3.63, 3.8) is 0 Å². The van der Waals surface area contributed by atoms with Gasteiger partial charge in [-0.05, 0) is 19.3 Å². The van der Waals surface area contributed by atoms with Crippen LogP contribution in [0.5, 0.6) is 0 Å². The van der Waals surface area contributed by atoms with E-state index in [4.69, 9.17) is 9.47 Å². The average Bonchev–Trinajstić information content (AvgIpc) is 3.47. The second-order valence-electron chi connectivity index (χ2n) is 25.0. The number of aliphatic hydroxyl groups excluding tert-OH is 5. The summed E-state index contributed by atoms with van der Waals surface area (Å²) in [4.78, 5) is 13.1. The molecule has 1 fully saturated rings. The molecular weight excluding hydrogens is 983 g/mol. The van der Waals surface area contributed by atoms with Crippen LogP contribution in [-0.4, -0.2) is 87.5 Å². The summed E-state index contributed by atoms with van der Waals surface area (Å²) in [6, 6.07) is -0.802. The third kappa shape index (κ3) is 49.0. The van der Waals surface area contributed by atoms with Crippen LogP contribution < -0.4 is 5.32 Å². The van der Waals surface area contributed by atoms with Crippen LogP contribution in [0.2, 0.25) is 0 Å². The summed E-state index contributed by atoms with van der Waals surface area (Å²) in [6.45, 7) is 3.85. The second kappa shape index (κ2) is 60.1. The highest BCUT2D eigenvalue weighted by molar-refractivity contribution is 5.76. The molecule has 0 bridgehead atoms. The molecule has 0 aromatic carbocycles. The first-order valence-electron chi connectivity index (χ1n) is 35.4. The zero-order valence-electron chi connectivity index (χ0n) is 52.7. The molecule has 0 radical (unpaired) electrons. The second-order valence-corrected chi connectivity index (χ2v) is 25.0. The zero-order valence-corrected chi connectivity index (χ0v) is 52.7. The Morgan fingerprint density at radius 2 is 0.696 bits per heavy atom. The van der Waals surface area contributed by atoms with Crippen LogP contribution in [0.3, 0.4) is 0 Å². The van der Waals surface area contributed by atoms with Gasteiger partial charge < -0.3 is 40.3 Å². The van der Waals surface area contributed by atoms with Crippen LogP contribution in [0.15, 0.2) is 12.2 Å².